The molecule has 8 nitrogen and oxygen atoms in total. The molecule has 4 saturated carbocycles. The second kappa shape index (κ2) is 10.3. The summed E-state index contributed by atoms with van der Waals surface area (Å²) in [6, 6.07) is 16.3. The van der Waals surface area contributed by atoms with Gasteiger partial charge in [0.15, 0.2) is 0 Å². The maximum Gasteiger partial charge on any atom is 0.284 e. The van der Waals surface area contributed by atoms with Crippen molar-refractivity contribution in [2.75, 3.05) is 32.8 Å². The van der Waals surface area contributed by atoms with Gasteiger partial charge in [0, 0.05) is 32.7 Å². The van der Waals surface area contributed by atoms with Crippen LogP contribution in [0.2, 0.25) is 0 Å². The Bertz CT molecular complexity index is 1570. The smallest absolute Gasteiger partial charge is 0.284 e. The van der Waals surface area contributed by atoms with Crippen molar-refractivity contribution < 1.29 is 4.74 Å². The maximum atomic E-state index is 13.8. The lowest BCUT2D eigenvalue weighted by atomic mass is 9.49. The second-order valence-corrected chi connectivity index (χ2v) is 12.8. The van der Waals surface area contributed by atoms with E-state index in [4.69, 9.17) is 10.6 Å². The van der Waals surface area contributed by atoms with Gasteiger partial charge in [-0.2, -0.15) is 5.10 Å². The molecule has 1 saturated heterocycles. The Hall–Kier alpha value is -3.23. The zero-order valence-corrected chi connectivity index (χ0v) is 23.1. The Morgan fingerprint density at radius 3 is 1.90 bits per heavy atom. The van der Waals surface area contributed by atoms with Crippen molar-refractivity contribution in [3.05, 3.63) is 74.6 Å². The van der Waals surface area contributed by atoms with Crippen LogP contribution in [0.5, 0.6) is 0 Å². The number of benzene rings is 2. The van der Waals surface area contributed by atoms with Crippen molar-refractivity contribution in [3.8, 4) is 11.1 Å². The molecule has 0 atom stereocenters. The zero-order chi connectivity index (χ0) is 27.3. The van der Waals surface area contributed by atoms with Crippen LogP contribution in [0.1, 0.15) is 38.5 Å². The Balaban J connectivity index is 0.000000386. The first kappa shape index (κ1) is 25.7. The molecular weight excluding hydrogens is 502 g/mol. The van der Waals surface area contributed by atoms with E-state index in [1.807, 2.05) is 28.8 Å². The quantitative estimate of drug-likeness (QED) is 0.309. The highest BCUT2D eigenvalue weighted by atomic mass is 16.5. The minimum Gasteiger partial charge on any atom is -0.379 e. The molecule has 0 spiro atoms. The largest absolute Gasteiger partial charge is 0.379 e. The SMILES string of the molecule is NN=c1c(=O)n(CCN2CCOCC2)c2ccccc2n(CC23CC4CC(CC(C4)C2)C3)c1=O.c1cc2cc-2c1. The molecule has 0 radical (unpaired) electrons. The van der Waals surface area contributed by atoms with Gasteiger partial charge < -0.3 is 19.7 Å². The normalized spacial score (nSPS) is 28.4. The lowest BCUT2D eigenvalue weighted by molar-refractivity contribution is -0.0617. The molecule has 4 bridgehead atoms. The van der Waals surface area contributed by atoms with Gasteiger partial charge in [-0.25, -0.2) is 0 Å². The van der Waals surface area contributed by atoms with Crippen molar-refractivity contribution in [1.29, 1.82) is 0 Å². The van der Waals surface area contributed by atoms with Crippen LogP contribution in [-0.4, -0.2) is 46.9 Å². The number of aromatic nitrogens is 2. The Morgan fingerprint density at radius 2 is 1.38 bits per heavy atom. The van der Waals surface area contributed by atoms with Gasteiger partial charge in [0.25, 0.3) is 11.1 Å². The van der Waals surface area contributed by atoms with Crippen molar-refractivity contribution >= 4 is 11.0 Å². The van der Waals surface area contributed by atoms with Gasteiger partial charge in [0.2, 0.25) is 5.36 Å². The molecular formula is C32H39N5O3. The van der Waals surface area contributed by atoms with Gasteiger partial charge in [-0.1, -0.05) is 30.3 Å². The van der Waals surface area contributed by atoms with Crippen molar-refractivity contribution in [2.45, 2.75) is 51.6 Å². The predicted molar refractivity (Wildman–Crippen MR) is 156 cm³/mol. The van der Waals surface area contributed by atoms with Crippen LogP contribution >= 0.6 is 0 Å². The molecule has 210 valence electrons. The number of morpholine rings is 1. The summed E-state index contributed by atoms with van der Waals surface area (Å²) in [6.45, 7) is 4.94. The molecule has 2 aromatic rings. The standard InChI is InChI=1S/C26H35N5O3.C6H4/c27-28-23-24(32)30(6-5-29-7-9-34-10-8-29)21-3-1-2-4-22(21)31(25(23)33)17-26-14-18-11-19(15-26)13-20(12-18)16-26;1-2-5-4-6(5)3-1/h1-4,18-20H,5-17,27H2;1-4H. The van der Waals surface area contributed by atoms with Crippen LogP contribution in [0.3, 0.4) is 0 Å². The highest BCUT2D eigenvalue weighted by Gasteiger charge is 2.51. The first-order valence-corrected chi connectivity index (χ1v) is 14.9. The van der Waals surface area contributed by atoms with E-state index in [0.717, 1.165) is 41.9 Å². The first-order valence-electron chi connectivity index (χ1n) is 14.9. The van der Waals surface area contributed by atoms with Crippen LogP contribution in [-0.2, 0) is 17.8 Å². The van der Waals surface area contributed by atoms with E-state index in [-0.39, 0.29) is 16.3 Å². The maximum absolute atomic E-state index is 13.8. The van der Waals surface area contributed by atoms with Crippen LogP contribution < -0.4 is 22.3 Å². The summed E-state index contributed by atoms with van der Waals surface area (Å²) in [6.07, 6.45) is 7.63. The van der Waals surface area contributed by atoms with E-state index in [1.165, 1.54) is 49.7 Å². The Labute approximate surface area is 234 Å². The number of fused-ring (bicyclic) bond motifs is 2. The molecule has 5 fully saturated rings. The van der Waals surface area contributed by atoms with E-state index in [9.17, 15) is 9.59 Å². The summed E-state index contributed by atoms with van der Waals surface area (Å²) >= 11 is 0. The number of nitrogens with zero attached hydrogens (tertiary/aromatic N) is 4. The summed E-state index contributed by atoms with van der Waals surface area (Å²) in [5, 5.41) is 3.58. The van der Waals surface area contributed by atoms with E-state index < -0.39 is 5.56 Å². The number of rotatable bonds is 5. The lowest BCUT2D eigenvalue weighted by Crippen LogP contribution is -2.51. The molecule has 9 rings (SSSR count). The number of hydrogen-bond acceptors (Lipinski definition) is 6. The predicted octanol–water partition coefficient (Wildman–Crippen LogP) is 3.15. The van der Waals surface area contributed by atoms with Gasteiger partial charge in [-0.05, 0) is 91.0 Å². The molecule has 7 aliphatic rings. The zero-order valence-electron chi connectivity index (χ0n) is 23.1. The Kier molecular flexibility index (Phi) is 6.63. The average Bonchev–Trinajstić information content (AvgIpc) is 3.57. The van der Waals surface area contributed by atoms with E-state index in [1.54, 1.807) is 4.57 Å². The van der Waals surface area contributed by atoms with Gasteiger partial charge in [0.1, 0.15) is 0 Å². The molecule has 40 heavy (non-hydrogen) atoms. The second-order valence-electron chi connectivity index (χ2n) is 12.8. The number of para-hydroxylation sites is 2. The molecule has 2 heterocycles. The minimum atomic E-state index is -0.402. The average molecular weight is 542 g/mol. The third-order valence-corrected chi connectivity index (χ3v) is 10.0. The third kappa shape index (κ3) is 4.81. The first-order chi connectivity index (χ1) is 19.5. The van der Waals surface area contributed by atoms with Gasteiger partial charge in [-0.3, -0.25) is 14.5 Å². The molecule has 0 unspecified atom stereocenters. The Morgan fingerprint density at radius 1 is 0.800 bits per heavy atom. The minimum absolute atomic E-state index is 0.142. The van der Waals surface area contributed by atoms with Crippen LogP contribution in [0.25, 0.3) is 22.2 Å². The lowest BCUT2D eigenvalue weighted by Gasteiger charge is -2.57. The molecule has 1 aromatic heterocycles. The summed E-state index contributed by atoms with van der Waals surface area (Å²) < 4.78 is 8.99. The fraction of sp³-hybridized carbons (Fsp3) is 0.531. The van der Waals surface area contributed by atoms with Gasteiger partial charge in [0.05, 0.1) is 24.2 Å². The van der Waals surface area contributed by atoms with Crippen molar-refractivity contribution in [2.24, 2.45) is 34.1 Å². The third-order valence-electron chi connectivity index (χ3n) is 10.0. The summed E-state index contributed by atoms with van der Waals surface area (Å²) in [5.41, 5.74) is 3.81. The van der Waals surface area contributed by atoms with Gasteiger partial charge in [-0.15, -0.1) is 0 Å². The fourth-order valence-corrected chi connectivity index (χ4v) is 8.54. The number of ether oxygens (including phenoxy) is 1. The summed E-state index contributed by atoms with van der Waals surface area (Å²) in [4.78, 5) is 29.6. The summed E-state index contributed by atoms with van der Waals surface area (Å²) in [7, 11) is 0. The molecule has 8 heteroatoms. The van der Waals surface area contributed by atoms with E-state index in [0.29, 0.717) is 32.8 Å². The van der Waals surface area contributed by atoms with Gasteiger partial charge >= 0.3 is 0 Å². The number of hydrogen-bond donors (Lipinski definition) is 1. The molecule has 6 aliphatic carbocycles. The number of nitrogens with two attached hydrogens (primary N) is 1. The van der Waals surface area contributed by atoms with Crippen LogP contribution in [0.4, 0.5) is 0 Å². The van der Waals surface area contributed by atoms with Crippen molar-refractivity contribution in [1.82, 2.24) is 14.0 Å². The molecule has 1 aromatic carbocycles. The topological polar surface area (TPSA) is 94.8 Å². The fourth-order valence-electron chi connectivity index (χ4n) is 8.54. The highest BCUT2D eigenvalue weighted by molar-refractivity contribution is 5.80. The van der Waals surface area contributed by atoms with E-state index in [2.05, 4.69) is 34.3 Å². The summed E-state index contributed by atoms with van der Waals surface area (Å²) in [5.74, 6) is 8.05. The monoisotopic (exact) mass is 541 g/mol. The molecule has 1 aliphatic heterocycles. The van der Waals surface area contributed by atoms with Crippen LogP contribution in [0, 0.1) is 23.2 Å². The highest BCUT2D eigenvalue weighted by Crippen LogP contribution is 2.60. The van der Waals surface area contributed by atoms with E-state index >= 15 is 0 Å². The molecule has 2 N–H and O–H groups in total. The van der Waals surface area contributed by atoms with Crippen molar-refractivity contribution in [3.63, 3.8) is 0 Å². The molecule has 0 amide bonds. The van der Waals surface area contributed by atoms with Crippen LogP contribution in [0.15, 0.2) is 63.2 Å².